The normalized spacial score (nSPS) is 11.1. The van der Waals surface area contributed by atoms with Crippen molar-refractivity contribution in [3.8, 4) is 22.9 Å². The molecule has 0 fully saturated rings. The molecule has 0 aliphatic carbocycles. The van der Waals surface area contributed by atoms with Crippen molar-refractivity contribution in [3.63, 3.8) is 0 Å². The quantitative estimate of drug-likeness (QED) is 0.448. The number of alkyl halides is 2. The Hall–Kier alpha value is -3.88. The molecule has 4 rings (SSSR count). The minimum atomic E-state index is -3.04. The number of pyridine rings is 1. The van der Waals surface area contributed by atoms with E-state index in [0.717, 1.165) is 0 Å². The minimum Gasteiger partial charge on any atom is -0.481 e. The molecular weight excluding hydrogens is 394 g/mol. The van der Waals surface area contributed by atoms with Gasteiger partial charge in [-0.1, -0.05) is 12.1 Å². The summed E-state index contributed by atoms with van der Waals surface area (Å²) in [6.45, 7) is -1.37. The van der Waals surface area contributed by atoms with Crippen LogP contribution in [0.1, 0.15) is 21.7 Å². The maximum Gasteiger partial charge on any atom is 0.387 e. The first-order valence-electron chi connectivity index (χ1n) is 8.91. The van der Waals surface area contributed by atoms with Crippen LogP contribution in [-0.2, 0) is 0 Å². The van der Waals surface area contributed by atoms with Gasteiger partial charge in [-0.25, -0.2) is 9.97 Å². The van der Waals surface area contributed by atoms with Crippen LogP contribution in [0.5, 0.6) is 11.6 Å². The molecule has 0 amide bonds. The SMILES string of the molecule is COc1ccc(-c2cn3c(C(=O)c4ccccc4OC(F)F)c(C)nc3cn2)cn1. The zero-order valence-corrected chi connectivity index (χ0v) is 16.0. The van der Waals surface area contributed by atoms with Crippen LogP contribution in [0.25, 0.3) is 16.9 Å². The average Bonchev–Trinajstić information content (AvgIpc) is 3.08. The van der Waals surface area contributed by atoms with Gasteiger partial charge in [0.05, 0.1) is 30.3 Å². The lowest BCUT2D eigenvalue weighted by molar-refractivity contribution is -0.0501. The first-order valence-corrected chi connectivity index (χ1v) is 8.91. The summed E-state index contributed by atoms with van der Waals surface area (Å²) < 4.78 is 36.7. The van der Waals surface area contributed by atoms with Crippen LogP contribution in [0.2, 0.25) is 0 Å². The number of ketones is 1. The molecule has 0 bridgehead atoms. The highest BCUT2D eigenvalue weighted by atomic mass is 19.3. The van der Waals surface area contributed by atoms with Crippen LogP contribution in [0.15, 0.2) is 55.0 Å². The van der Waals surface area contributed by atoms with Crippen LogP contribution >= 0.6 is 0 Å². The van der Waals surface area contributed by atoms with Gasteiger partial charge in [-0.3, -0.25) is 14.2 Å². The van der Waals surface area contributed by atoms with Gasteiger partial charge in [0.15, 0.2) is 5.65 Å². The van der Waals surface area contributed by atoms with E-state index in [1.54, 1.807) is 41.9 Å². The van der Waals surface area contributed by atoms with E-state index in [0.29, 0.717) is 28.5 Å². The summed E-state index contributed by atoms with van der Waals surface area (Å²) in [5.41, 5.74) is 2.42. The van der Waals surface area contributed by atoms with Crippen molar-refractivity contribution in [2.75, 3.05) is 7.11 Å². The predicted molar refractivity (Wildman–Crippen MR) is 104 cm³/mol. The average molecular weight is 410 g/mol. The lowest BCUT2D eigenvalue weighted by Crippen LogP contribution is -2.11. The topological polar surface area (TPSA) is 78.6 Å². The third-order valence-electron chi connectivity index (χ3n) is 4.49. The van der Waals surface area contributed by atoms with Crippen LogP contribution in [0.3, 0.4) is 0 Å². The second-order valence-corrected chi connectivity index (χ2v) is 6.34. The Balaban J connectivity index is 1.81. The van der Waals surface area contributed by atoms with Crippen LogP contribution in [-0.4, -0.2) is 38.9 Å². The molecule has 0 unspecified atom stereocenters. The molecule has 0 saturated carbocycles. The fourth-order valence-corrected chi connectivity index (χ4v) is 3.13. The molecule has 0 N–H and O–H groups in total. The number of carbonyl (C=O) groups is 1. The Bertz CT molecular complexity index is 1220. The summed E-state index contributed by atoms with van der Waals surface area (Å²) in [7, 11) is 1.52. The number of carbonyl (C=O) groups excluding carboxylic acids is 1. The Morgan fingerprint density at radius 3 is 2.60 bits per heavy atom. The number of aryl methyl sites for hydroxylation is 1. The Morgan fingerprint density at radius 2 is 1.90 bits per heavy atom. The zero-order chi connectivity index (χ0) is 21.3. The minimum absolute atomic E-state index is 0.0205. The molecule has 1 aromatic carbocycles. The van der Waals surface area contributed by atoms with E-state index in [-0.39, 0.29) is 17.0 Å². The molecule has 0 aliphatic rings. The molecule has 3 aromatic heterocycles. The maximum atomic E-state index is 13.2. The summed E-state index contributed by atoms with van der Waals surface area (Å²) in [4.78, 5) is 26.1. The molecular formula is C21H16F2N4O3. The van der Waals surface area contributed by atoms with Gasteiger partial charge in [-0.15, -0.1) is 0 Å². The number of methoxy groups -OCH3 is 1. The van der Waals surface area contributed by atoms with E-state index in [4.69, 9.17) is 4.74 Å². The fourth-order valence-electron chi connectivity index (χ4n) is 3.13. The second kappa shape index (κ2) is 7.86. The standard InChI is InChI=1S/C21H16F2N4O3/c1-12-19(20(28)14-5-3-4-6-16(14)30-21(22)23)27-11-15(24-10-17(27)26-12)13-7-8-18(29-2)25-9-13/h3-11,21H,1-2H3. The van der Waals surface area contributed by atoms with E-state index < -0.39 is 12.4 Å². The van der Waals surface area contributed by atoms with Gasteiger partial charge in [-0.2, -0.15) is 8.78 Å². The monoisotopic (exact) mass is 410 g/mol. The number of hydrogen-bond acceptors (Lipinski definition) is 6. The number of rotatable bonds is 6. The molecule has 9 heteroatoms. The summed E-state index contributed by atoms with van der Waals surface area (Å²) in [5, 5.41) is 0. The van der Waals surface area contributed by atoms with E-state index >= 15 is 0 Å². The number of hydrogen-bond donors (Lipinski definition) is 0. The Kier molecular flexibility index (Phi) is 5.09. The fraction of sp³-hybridized carbons (Fsp3) is 0.143. The summed E-state index contributed by atoms with van der Waals surface area (Å²) in [5.74, 6) is -0.216. The van der Waals surface area contributed by atoms with Gasteiger partial charge in [0.1, 0.15) is 11.4 Å². The Labute approximate surface area is 170 Å². The van der Waals surface area contributed by atoms with Crippen molar-refractivity contribution in [2.45, 2.75) is 13.5 Å². The molecule has 0 atom stereocenters. The second-order valence-electron chi connectivity index (χ2n) is 6.34. The lowest BCUT2D eigenvalue weighted by atomic mass is 10.1. The van der Waals surface area contributed by atoms with Crippen molar-refractivity contribution in [2.24, 2.45) is 0 Å². The van der Waals surface area contributed by atoms with Gasteiger partial charge in [0.2, 0.25) is 11.7 Å². The first kappa shape index (κ1) is 19.4. The molecule has 30 heavy (non-hydrogen) atoms. The van der Waals surface area contributed by atoms with Crippen LogP contribution in [0, 0.1) is 6.92 Å². The van der Waals surface area contributed by atoms with Crippen molar-refractivity contribution >= 4 is 11.4 Å². The summed E-state index contributed by atoms with van der Waals surface area (Å²) in [6, 6.07) is 9.36. The van der Waals surface area contributed by atoms with Gasteiger partial charge in [0, 0.05) is 24.0 Å². The van der Waals surface area contributed by atoms with E-state index in [1.807, 2.05) is 0 Å². The molecule has 0 aliphatic heterocycles. The molecule has 4 aromatic rings. The number of aromatic nitrogens is 4. The van der Waals surface area contributed by atoms with Crippen molar-refractivity contribution in [1.82, 2.24) is 19.4 Å². The number of halogens is 2. The van der Waals surface area contributed by atoms with Crippen molar-refractivity contribution in [3.05, 3.63) is 71.9 Å². The molecule has 3 heterocycles. The molecule has 0 spiro atoms. The lowest BCUT2D eigenvalue weighted by Gasteiger charge is -2.10. The van der Waals surface area contributed by atoms with E-state index in [9.17, 15) is 13.6 Å². The summed E-state index contributed by atoms with van der Waals surface area (Å²) >= 11 is 0. The number of imidazole rings is 1. The van der Waals surface area contributed by atoms with Crippen molar-refractivity contribution < 1.29 is 23.0 Å². The van der Waals surface area contributed by atoms with Gasteiger partial charge >= 0.3 is 6.61 Å². The summed E-state index contributed by atoms with van der Waals surface area (Å²) in [6.07, 6.45) is 4.79. The van der Waals surface area contributed by atoms with Crippen molar-refractivity contribution in [1.29, 1.82) is 0 Å². The first-order chi connectivity index (χ1) is 14.5. The van der Waals surface area contributed by atoms with Crippen LogP contribution in [0.4, 0.5) is 8.78 Å². The number of fused-ring (bicyclic) bond motifs is 1. The third kappa shape index (κ3) is 3.57. The number of ether oxygens (including phenoxy) is 2. The Morgan fingerprint density at radius 1 is 1.10 bits per heavy atom. The molecule has 7 nitrogen and oxygen atoms in total. The number of para-hydroxylation sites is 1. The number of benzene rings is 1. The smallest absolute Gasteiger partial charge is 0.387 e. The molecule has 0 radical (unpaired) electrons. The third-order valence-corrected chi connectivity index (χ3v) is 4.49. The zero-order valence-electron chi connectivity index (χ0n) is 16.0. The van der Waals surface area contributed by atoms with Gasteiger partial charge in [-0.05, 0) is 25.1 Å². The maximum absolute atomic E-state index is 13.2. The highest BCUT2D eigenvalue weighted by Crippen LogP contribution is 2.26. The van der Waals surface area contributed by atoms with Gasteiger partial charge < -0.3 is 9.47 Å². The number of nitrogens with zero attached hydrogens (tertiary/aromatic N) is 4. The van der Waals surface area contributed by atoms with E-state index in [1.165, 1.54) is 31.5 Å². The highest BCUT2D eigenvalue weighted by molar-refractivity contribution is 6.10. The molecule has 152 valence electrons. The largest absolute Gasteiger partial charge is 0.481 e. The van der Waals surface area contributed by atoms with Crippen LogP contribution < -0.4 is 9.47 Å². The highest BCUT2D eigenvalue weighted by Gasteiger charge is 2.23. The predicted octanol–water partition coefficient (Wildman–Crippen LogP) is 3.94. The molecule has 0 saturated heterocycles. The van der Waals surface area contributed by atoms with E-state index in [2.05, 4.69) is 19.7 Å². The van der Waals surface area contributed by atoms with Gasteiger partial charge in [0.25, 0.3) is 0 Å².